The molecule has 1 aromatic heterocycles. The molecule has 1 heterocycles. The predicted molar refractivity (Wildman–Crippen MR) is 126 cm³/mol. The van der Waals surface area contributed by atoms with Crippen molar-refractivity contribution in [2.24, 2.45) is 28.6 Å². The van der Waals surface area contributed by atoms with Gasteiger partial charge >= 0.3 is 0 Å². The molecule has 5 aliphatic carbocycles. The normalized spacial score (nSPS) is 43.2. The van der Waals surface area contributed by atoms with Crippen LogP contribution in [0.3, 0.4) is 0 Å². The third-order valence-electron chi connectivity index (χ3n) is 10.4. The minimum Gasteiger partial charge on any atom is -0.393 e. The fourth-order valence-electron chi connectivity index (χ4n) is 8.51. The third-order valence-corrected chi connectivity index (χ3v) is 10.4. The van der Waals surface area contributed by atoms with Crippen molar-refractivity contribution in [3.8, 4) is 0 Å². The van der Waals surface area contributed by atoms with Crippen LogP contribution in [-0.2, 0) is 4.79 Å². The first-order chi connectivity index (χ1) is 15.4. The number of carbonyl (C=O) groups excluding carboxylic acids is 1. The number of hydrogen-bond donors (Lipinski definition) is 1. The molecule has 0 radical (unpaired) electrons. The summed E-state index contributed by atoms with van der Waals surface area (Å²) in [6, 6.07) is 2.59. The van der Waals surface area contributed by atoms with Crippen LogP contribution >= 0.6 is 0 Å². The Morgan fingerprint density at radius 2 is 1.84 bits per heavy atom. The topological polar surface area (TPSA) is 55.1 Å². The minimum absolute atomic E-state index is 0.160. The minimum atomic E-state index is -0.207. The van der Waals surface area contributed by atoms with Crippen LogP contribution in [-0.4, -0.2) is 26.8 Å². The maximum atomic E-state index is 13.8. The Morgan fingerprint density at radius 3 is 2.66 bits per heavy atom. The lowest BCUT2D eigenvalue weighted by Gasteiger charge is -2.56. The second kappa shape index (κ2) is 7.41. The Hall–Kier alpha value is -1.68. The molecule has 0 amide bonds. The van der Waals surface area contributed by atoms with Crippen LogP contribution in [0.2, 0.25) is 0 Å². The van der Waals surface area contributed by atoms with E-state index in [1.165, 1.54) is 31.3 Å². The molecule has 0 saturated heterocycles. The molecule has 0 aromatic carbocycles. The third kappa shape index (κ3) is 2.97. The zero-order chi connectivity index (χ0) is 22.1. The van der Waals surface area contributed by atoms with E-state index in [2.05, 4.69) is 41.8 Å². The molecular weight excluding hydrogens is 396 g/mol. The van der Waals surface area contributed by atoms with Gasteiger partial charge in [-0.05, 0) is 98.7 Å². The highest BCUT2D eigenvalue weighted by atomic mass is 16.3. The maximum Gasteiger partial charge on any atom is 0.165 e. The first-order valence-corrected chi connectivity index (χ1v) is 13.1. The molecule has 4 heteroatoms. The molecule has 4 nitrogen and oxygen atoms in total. The molecule has 6 rings (SSSR count). The summed E-state index contributed by atoms with van der Waals surface area (Å²) in [5.74, 6) is 2.10. The SMILES string of the molecule is C[C@]12CC[C@H](O)CC1=CC[C@H]1[C@H]2CC[C@]2(C)C(=O)/C(=C/c3ccnn3C3CCCC3)C[C@H]12. The number of carbonyl (C=O) groups is 1. The Morgan fingerprint density at radius 1 is 1.06 bits per heavy atom. The van der Waals surface area contributed by atoms with Gasteiger partial charge in [0.15, 0.2) is 5.78 Å². The van der Waals surface area contributed by atoms with Gasteiger partial charge in [-0.15, -0.1) is 0 Å². The summed E-state index contributed by atoms with van der Waals surface area (Å²) in [7, 11) is 0. The lowest BCUT2D eigenvalue weighted by molar-refractivity contribution is -0.130. The van der Waals surface area contributed by atoms with Crippen LogP contribution < -0.4 is 0 Å². The number of fused-ring (bicyclic) bond motifs is 5. The second-order valence-electron chi connectivity index (χ2n) is 12.0. The lowest BCUT2D eigenvalue weighted by atomic mass is 9.48. The van der Waals surface area contributed by atoms with E-state index in [0.717, 1.165) is 56.2 Å². The predicted octanol–water partition coefficient (Wildman–Crippen LogP) is 5.88. The van der Waals surface area contributed by atoms with Gasteiger partial charge in [0.2, 0.25) is 0 Å². The summed E-state index contributed by atoms with van der Waals surface area (Å²) in [5.41, 5.74) is 3.68. The molecule has 0 spiro atoms. The van der Waals surface area contributed by atoms with E-state index in [1.807, 2.05) is 6.20 Å². The number of nitrogens with zero attached hydrogens (tertiary/aromatic N) is 2. The van der Waals surface area contributed by atoms with Gasteiger partial charge in [0.1, 0.15) is 0 Å². The first-order valence-electron chi connectivity index (χ1n) is 13.1. The van der Waals surface area contributed by atoms with E-state index >= 15 is 0 Å². The highest BCUT2D eigenvalue weighted by Gasteiger charge is 2.59. The molecule has 172 valence electrons. The first kappa shape index (κ1) is 20.9. The number of Topliss-reactive ketones (excluding diaryl/α,β-unsaturated/α-hetero) is 1. The number of aliphatic hydroxyl groups excluding tert-OH is 1. The number of hydrogen-bond acceptors (Lipinski definition) is 3. The van der Waals surface area contributed by atoms with Crippen molar-refractivity contribution < 1.29 is 9.90 Å². The smallest absolute Gasteiger partial charge is 0.165 e. The zero-order valence-electron chi connectivity index (χ0n) is 19.7. The van der Waals surface area contributed by atoms with E-state index < -0.39 is 0 Å². The standard InChI is InChI=1S/C28H38N2O2/c1-27-12-9-22(31)17-19(27)7-8-23-24(27)10-13-28(2)25(23)16-18(26(28)32)15-21-11-14-29-30(21)20-5-3-4-6-20/h7,11,14-15,20,22-25,31H,3-6,8-10,12-13,16-17H2,1-2H3/b18-15+/t22-,23-,24+,25+,27-,28-/m0/s1. The van der Waals surface area contributed by atoms with Crippen molar-refractivity contribution in [1.29, 1.82) is 0 Å². The molecule has 1 aromatic rings. The van der Waals surface area contributed by atoms with E-state index in [1.54, 1.807) is 0 Å². The van der Waals surface area contributed by atoms with Gasteiger partial charge in [0.25, 0.3) is 0 Å². The zero-order valence-corrected chi connectivity index (χ0v) is 19.7. The molecule has 4 fully saturated rings. The van der Waals surface area contributed by atoms with Crippen molar-refractivity contribution in [2.45, 2.75) is 96.6 Å². The van der Waals surface area contributed by atoms with Gasteiger partial charge in [0.05, 0.1) is 17.8 Å². The van der Waals surface area contributed by atoms with Crippen LogP contribution in [0.4, 0.5) is 0 Å². The van der Waals surface area contributed by atoms with Crippen molar-refractivity contribution in [1.82, 2.24) is 9.78 Å². The Kier molecular flexibility index (Phi) is 4.84. The number of aromatic nitrogens is 2. The number of allylic oxidation sites excluding steroid dienone is 2. The van der Waals surface area contributed by atoms with Gasteiger partial charge in [-0.1, -0.05) is 38.3 Å². The van der Waals surface area contributed by atoms with Gasteiger partial charge in [-0.3, -0.25) is 9.48 Å². The average Bonchev–Trinajstić information content (AvgIpc) is 3.50. The molecule has 32 heavy (non-hydrogen) atoms. The summed E-state index contributed by atoms with van der Waals surface area (Å²) >= 11 is 0. The average molecular weight is 435 g/mol. The quantitative estimate of drug-likeness (QED) is 0.467. The molecular formula is C28H38N2O2. The van der Waals surface area contributed by atoms with Gasteiger partial charge in [-0.2, -0.15) is 5.10 Å². The number of rotatable bonds is 2. The van der Waals surface area contributed by atoms with Gasteiger partial charge in [0, 0.05) is 11.6 Å². The summed E-state index contributed by atoms with van der Waals surface area (Å²) in [6.07, 6.45) is 18.4. The summed E-state index contributed by atoms with van der Waals surface area (Å²) in [6.45, 7) is 4.72. The van der Waals surface area contributed by atoms with Gasteiger partial charge < -0.3 is 5.11 Å². The summed E-state index contributed by atoms with van der Waals surface area (Å²) in [5, 5.41) is 14.9. The summed E-state index contributed by atoms with van der Waals surface area (Å²) < 4.78 is 2.18. The Labute approximate surface area is 192 Å². The van der Waals surface area contributed by atoms with Crippen LogP contribution in [0.25, 0.3) is 6.08 Å². The monoisotopic (exact) mass is 434 g/mol. The molecule has 4 saturated carbocycles. The largest absolute Gasteiger partial charge is 0.393 e. The molecule has 0 bridgehead atoms. The second-order valence-corrected chi connectivity index (χ2v) is 12.0. The highest BCUT2D eigenvalue weighted by molar-refractivity contribution is 6.05. The van der Waals surface area contributed by atoms with Crippen molar-refractivity contribution in [2.75, 3.05) is 0 Å². The molecule has 1 N–H and O–H groups in total. The van der Waals surface area contributed by atoms with E-state index in [9.17, 15) is 9.90 Å². The van der Waals surface area contributed by atoms with Crippen LogP contribution in [0, 0.1) is 28.6 Å². The Balaban J connectivity index is 1.31. The van der Waals surface area contributed by atoms with Crippen molar-refractivity contribution >= 4 is 11.9 Å². The van der Waals surface area contributed by atoms with E-state index in [0.29, 0.717) is 29.6 Å². The maximum absolute atomic E-state index is 13.8. The van der Waals surface area contributed by atoms with Crippen LogP contribution in [0.15, 0.2) is 29.5 Å². The highest BCUT2D eigenvalue weighted by Crippen LogP contribution is 2.64. The molecule has 6 atom stereocenters. The van der Waals surface area contributed by atoms with Crippen molar-refractivity contribution in [3.05, 3.63) is 35.2 Å². The molecule has 0 aliphatic heterocycles. The van der Waals surface area contributed by atoms with E-state index in [4.69, 9.17) is 0 Å². The van der Waals surface area contributed by atoms with E-state index in [-0.39, 0.29) is 16.9 Å². The number of ketones is 1. The Bertz CT molecular complexity index is 983. The van der Waals surface area contributed by atoms with Gasteiger partial charge in [-0.25, -0.2) is 0 Å². The van der Waals surface area contributed by atoms with Crippen LogP contribution in [0.5, 0.6) is 0 Å². The fraction of sp³-hybridized carbons (Fsp3) is 0.714. The number of aliphatic hydroxyl groups is 1. The molecule has 5 aliphatic rings. The fourth-order valence-corrected chi connectivity index (χ4v) is 8.51. The van der Waals surface area contributed by atoms with Crippen molar-refractivity contribution in [3.63, 3.8) is 0 Å². The molecule has 0 unspecified atom stereocenters. The lowest BCUT2D eigenvalue weighted by Crippen LogP contribution is -2.50. The summed E-state index contributed by atoms with van der Waals surface area (Å²) in [4.78, 5) is 13.8. The van der Waals surface area contributed by atoms with Crippen LogP contribution in [0.1, 0.15) is 96.2 Å².